The summed E-state index contributed by atoms with van der Waals surface area (Å²) in [6.07, 6.45) is 0. The molecule has 0 radical (unpaired) electrons. The Hall–Kier alpha value is -2.33. The van der Waals surface area contributed by atoms with Crippen LogP contribution in [-0.4, -0.2) is 4.98 Å². The second kappa shape index (κ2) is 4.65. The molecule has 4 heteroatoms. The van der Waals surface area contributed by atoms with Crippen molar-refractivity contribution < 1.29 is 4.42 Å². The number of para-hydroxylation sites is 2. The van der Waals surface area contributed by atoms with Crippen LogP contribution in [0.1, 0.15) is 16.7 Å². The number of oxazole rings is 1. The summed E-state index contributed by atoms with van der Waals surface area (Å²) in [5, 5.41) is 6.60. The van der Waals surface area contributed by atoms with Gasteiger partial charge in [-0.1, -0.05) is 30.3 Å². The van der Waals surface area contributed by atoms with Crippen molar-refractivity contribution in [3.8, 4) is 0 Å². The summed E-state index contributed by atoms with van der Waals surface area (Å²) < 4.78 is 5.65. The van der Waals surface area contributed by atoms with Crippen LogP contribution in [0.5, 0.6) is 0 Å². The molecule has 3 aromatic rings. The number of anilines is 1. The Bertz CT molecular complexity index is 730. The molecule has 1 aliphatic heterocycles. The highest BCUT2D eigenvalue weighted by atomic mass is 16.4. The van der Waals surface area contributed by atoms with Crippen LogP contribution in [0.4, 0.5) is 6.01 Å². The monoisotopic (exact) mass is 265 g/mol. The van der Waals surface area contributed by atoms with Gasteiger partial charge in [0.15, 0.2) is 5.58 Å². The molecular weight excluding hydrogens is 250 g/mol. The summed E-state index contributed by atoms with van der Waals surface area (Å²) in [4.78, 5) is 4.41. The van der Waals surface area contributed by atoms with E-state index in [1.54, 1.807) is 0 Å². The van der Waals surface area contributed by atoms with Crippen LogP contribution in [0, 0.1) is 0 Å². The zero-order chi connectivity index (χ0) is 13.4. The summed E-state index contributed by atoms with van der Waals surface area (Å²) in [5.41, 5.74) is 5.73. The second-order valence-corrected chi connectivity index (χ2v) is 5.05. The number of nitrogens with one attached hydrogen (secondary N) is 2. The van der Waals surface area contributed by atoms with Crippen molar-refractivity contribution in [1.82, 2.24) is 10.3 Å². The summed E-state index contributed by atoms with van der Waals surface area (Å²) in [5.74, 6) is 0. The van der Waals surface area contributed by atoms with Crippen LogP contribution in [-0.2, 0) is 19.6 Å². The first-order chi connectivity index (χ1) is 9.88. The quantitative estimate of drug-likeness (QED) is 0.764. The Morgan fingerprint density at radius 1 is 1.10 bits per heavy atom. The van der Waals surface area contributed by atoms with Gasteiger partial charge in [0.05, 0.1) is 0 Å². The summed E-state index contributed by atoms with van der Waals surface area (Å²) in [6, 6.07) is 14.9. The van der Waals surface area contributed by atoms with Crippen LogP contribution in [0.3, 0.4) is 0 Å². The number of nitrogens with zero attached hydrogens (tertiary/aromatic N) is 1. The fourth-order valence-electron chi connectivity index (χ4n) is 2.58. The maximum Gasteiger partial charge on any atom is 0.295 e. The average molecular weight is 265 g/mol. The van der Waals surface area contributed by atoms with E-state index in [1.807, 2.05) is 24.3 Å². The van der Waals surface area contributed by atoms with Crippen LogP contribution in [0.2, 0.25) is 0 Å². The van der Waals surface area contributed by atoms with E-state index in [2.05, 4.69) is 33.8 Å². The lowest BCUT2D eigenvalue weighted by atomic mass is 10.1. The first-order valence-electron chi connectivity index (χ1n) is 6.79. The minimum absolute atomic E-state index is 0.574. The molecular formula is C16H15N3O. The number of hydrogen-bond donors (Lipinski definition) is 2. The van der Waals surface area contributed by atoms with Crippen molar-refractivity contribution in [3.05, 3.63) is 59.2 Å². The fraction of sp³-hybridized carbons (Fsp3) is 0.188. The van der Waals surface area contributed by atoms with E-state index in [-0.39, 0.29) is 0 Å². The van der Waals surface area contributed by atoms with E-state index in [9.17, 15) is 0 Å². The SMILES string of the molecule is c1ccc2oc(NCc3ccc4c(c3)CNC4)nc2c1. The maximum absolute atomic E-state index is 5.65. The molecule has 100 valence electrons. The van der Waals surface area contributed by atoms with Crippen molar-refractivity contribution in [3.63, 3.8) is 0 Å². The lowest BCUT2D eigenvalue weighted by Crippen LogP contribution is -2.01. The Morgan fingerprint density at radius 2 is 2.00 bits per heavy atom. The number of hydrogen-bond acceptors (Lipinski definition) is 4. The lowest BCUT2D eigenvalue weighted by molar-refractivity contribution is 0.614. The average Bonchev–Trinajstić information content (AvgIpc) is 3.10. The summed E-state index contributed by atoms with van der Waals surface area (Å²) in [6.45, 7) is 2.67. The Kier molecular flexibility index (Phi) is 2.67. The molecule has 20 heavy (non-hydrogen) atoms. The Morgan fingerprint density at radius 3 is 2.95 bits per heavy atom. The van der Waals surface area contributed by atoms with Gasteiger partial charge in [-0.3, -0.25) is 0 Å². The standard InChI is InChI=1S/C16H15N3O/c1-2-4-15-14(3-1)19-16(20-15)18-8-11-5-6-12-9-17-10-13(12)7-11/h1-7,17H,8-10H2,(H,18,19). The van der Waals surface area contributed by atoms with E-state index >= 15 is 0 Å². The van der Waals surface area contributed by atoms with Crippen LogP contribution in [0.15, 0.2) is 46.9 Å². The van der Waals surface area contributed by atoms with Gasteiger partial charge >= 0.3 is 0 Å². The zero-order valence-electron chi connectivity index (χ0n) is 11.0. The van der Waals surface area contributed by atoms with Gasteiger partial charge < -0.3 is 15.1 Å². The molecule has 2 heterocycles. The highest BCUT2D eigenvalue weighted by molar-refractivity contribution is 5.74. The lowest BCUT2D eigenvalue weighted by Gasteiger charge is -2.04. The minimum Gasteiger partial charge on any atom is -0.424 e. The molecule has 2 N–H and O–H groups in total. The molecule has 0 amide bonds. The van der Waals surface area contributed by atoms with Crippen molar-refractivity contribution >= 4 is 17.1 Å². The van der Waals surface area contributed by atoms with Crippen molar-refractivity contribution in [2.45, 2.75) is 19.6 Å². The zero-order valence-corrected chi connectivity index (χ0v) is 11.0. The Balaban J connectivity index is 1.52. The molecule has 0 saturated carbocycles. The van der Waals surface area contributed by atoms with E-state index in [4.69, 9.17) is 4.42 Å². The highest BCUT2D eigenvalue weighted by Gasteiger charge is 2.10. The van der Waals surface area contributed by atoms with Gasteiger partial charge in [0.2, 0.25) is 0 Å². The molecule has 4 nitrogen and oxygen atoms in total. The number of aromatic nitrogens is 1. The summed E-state index contributed by atoms with van der Waals surface area (Å²) >= 11 is 0. The Labute approximate surface area is 116 Å². The molecule has 4 rings (SSSR count). The topological polar surface area (TPSA) is 50.1 Å². The predicted octanol–water partition coefficient (Wildman–Crippen LogP) is 3.04. The predicted molar refractivity (Wildman–Crippen MR) is 78.3 cm³/mol. The largest absolute Gasteiger partial charge is 0.424 e. The molecule has 0 fully saturated rings. The molecule has 0 atom stereocenters. The van der Waals surface area contributed by atoms with Crippen molar-refractivity contribution in [2.75, 3.05) is 5.32 Å². The number of fused-ring (bicyclic) bond motifs is 2. The second-order valence-electron chi connectivity index (χ2n) is 5.05. The van der Waals surface area contributed by atoms with Gasteiger partial charge in [0.1, 0.15) is 5.52 Å². The van der Waals surface area contributed by atoms with Gasteiger partial charge in [0, 0.05) is 19.6 Å². The van der Waals surface area contributed by atoms with Crippen LogP contribution < -0.4 is 10.6 Å². The maximum atomic E-state index is 5.65. The molecule has 1 aliphatic rings. The normalized spacial score (nSPS) is 13.6. The van der Waals surface area contributed by atoms with Gasteiger partial charge in [-0.2, -0.15) is 4.98 Å². The molecule has 2 aromatic carbocycles. The fourth-order valence-corrected chi connectivity index (χ4v) is 2.58. The van der Waals surface area contributed by atoms with Gasteiger partial charge in [-0.25, -0.2) is 0 Å². The molecule has 0 saturated heterocycles. The van der Waals surface area contributed by atoms with E-state index in [0.717, 1.165) is 30.7 Å². The smallest absolute Gasteiger partial charge is 0.295 e. The van der Waals surface area contributed by atoms with Gasteiger partial charge in [-0.15, -0.1) is 0 Å². The minimum atomic E-state index is 0.574. The first-order valence-corrected chi connectivity index (χ1v) is 6.79. The molecule has 0 unspecified atom stereocenters. The third-order valence-electron chi connectivity index (χ3n) is 3.64. The molecule has 0 aliphatic carbocycles. The van der Waals surface area contributed by atoms with Gasteiger partial charge in [0.25, 0.3) is 6.01 Å². The van der Waals surface area contributed by atoms with Crippen LogP contribution in [0.25, 0.3) is 11.1 Å². The van der Waals surface area contributed by atoms with Crippen LogP contribution >= 0.6 is 0 Å². The van der Waals surface area contributed by atoms with Crippen molar-refractivity contribution in [1.29, 1.82) is 0 Å². The third kappa shape index (κ3) is 2.04. The number of benzene rings is 2. The summed E-state index contributed by atoms with van der Waals surface area (Å²) in [7, 11) is 0. The van der Waals surface area contributed by atoms with E-state index in [0.29, 0.717) is 6.01 Å². The number of rotatable bonds is 3. The van der Waals surface area contributed by atoms with E-state index < -0.39 is 0 Å². The first kappa shape index (κ1) is 11.5. The molecule has 1 aromatic heterocycles. The van der Waals surface area contributed by atoms with E-state index in [1.165, 1.54) is 16.7 Å². The third-order valence-corrected chi connectivity index (χ3v) is 3.64. The molecule has 0 bridgehead atoms. The van der Waals surface area contributed by atoms with Crippen molar-refractivity contribution in [2.24, 2.45) is 0 Å². The van der Waals surface area contributed by atoms with Gasteiger partial charge in [-0.05, 0) is 28.8 Å². The highest BCUT2D eigenvalue weighted by Crippen LogP contribution is 2.20. The molecule has 0 spiro atoms.